The largest absolute Gasteiger partial charge is 0.394 e. The van der Waals surface area contributed by atoms with Gasteiger partial charge in [-0.1, -0.05) is 30.3 Å². The topological polar surface area (TPSA) is 80.6 Å². The number of benzene rings is 1. The second-order valence-corrected chi connectivity index (χ2v) is 7.66. The van der Waals surface area contributed by atoms with Crippen molar-refractivity contribution >= 4 is 0 Å². The van der Waals surface area contributed by atoms with Crippen LogP contribution in [0, 0.1) is 0 Å². The third-order valence-electron chi connectivity index (χ3n) is 5.20. The molecule has 2 aliphatic rings. The summed E-state index contributed by atoms with van der Waals surface area (Å²) >= 11 is 0. The lowest BCUT2D eigenvalue weighted by Crippen LogP contribution is -2.52. The van der Waals surface area contributed by atoms with Crippen molar-refractivity contribution in [3.8, 4) is 0 Å². The molecule has 2 N–H and O–H groups in total. The molecule has 0 amide bonds. The first kappa shape index (κ1) is 20.7. The zero-order chi connectivity index (χ0) is 19.4. The summed E-state index contributed by atoms with van der Waals surface area (Å²) < 4.78 is 23.2. The van der Waals surface area contributed by atoms with E-state index in [9.17, 15) is 10.2 Å². The van der Waals surface area contributed by atoms with Crippen LogP contribution in [0.1, 0.15) is 25.8 Å². The minimum Gasteiger partial charge on any atom is -0.394 e. The number of nitrogens with zero attached hydrogens (tertiary/aromatic N) is 1. The van der Waals surface area contributed by atoms with Crippen LogP contribution in [0.4, 0.5) is 0 Å². The number of likely N-dealkylation sites (tertiary alicyclic amines) is 1. The van der Waals surface area contributed by atoms with Crippen LogP contribution in [0.25, 0.3) is 0 Å². The molecule has 7 nitrogen and oxygen atoms in total. The molecule has 0 radical (unpaired) electrons. The lowest BCUT2D eigenvalue weighted by molar-refractivity contribution is -0.164. The number of aliphatic hydroxyl groups excluding tert-OH is 2. The summed E-state index contributed by atoms with van der Waals surface area (Å²) in [6.07, 6.45) is -1.33. The predicted octanol–water partition coefficient (Wildman–Crippen LogP) is 1.12. The van der Waals surface area contributed by atoms with E-state index in [1.165, 1.54) is 5.56 Å². The minimum absolute atomic E-state index is 0.107. The molecule has 2 fully saturated rings. The number of hydrogen-bond donors (Lipinski definition) is 2. The lowest BCUT2D eigenvalue weighted by atomic mass is 9.97. The Morgan fingerprint density at radius 3 is 2.67 bits per heavy atom. The Kier molecular flexibility index (Phi) is 6.86. The first-order valence-corrected chi connectivity index (χ1v) is 9.48. The highest BCUT2D eigenvalue weighted by atomic mass is 16.8. The van der Waals surface area contributed by atoms with Crippen molar-refractivity contribution < 1.29 is 29.2 Å². The zero-order valence-electron chi connectivity index (χ0n) is 16.3. The Morgan fingerprint density at radius 2 is 2.00 bits per heavy atom. The second-order valence-electron chi connectivity index (χ2n) is 7.66. The van der Waals surface area contributed by atoms with Gasteiger partial charge >= 0.3 is 0 Å². The molecule has 0 saturated carbocycles. The Labute approximate surface area is 160 Å². The second kappa shape index (κ2) is 8.96. The van der Waals surface area contributed by atoms with Crippen LogP contribution in [0.3, 0.4) is 0 Å². The predicted molar refractivity (Wildman–Crippen MR) is 98.9 cm³/mol. The summed E-state index contributed by atoms with van der Waals surface area (Å²) in [6.45, 7) is 5.06. The number of ether oxygens (including phenoxy) is 4. The van der Waals surface area contributed by atoms with Crippen LogP contribution in [0.15, 0.2) is 30.3 Å². The van der Waals surface area contributed by atoms with Crippen LogP contribution in [0.5, 0.6) is 0 Å². The van der Waals surface area contributed by atoms with E-state index in [-0.39, 0.29) is 25.5 Å². The van der Waals surface area contributed by atoms with Gasteiger partial charge in [0.25, 0.3) is 0 Å². The van der Waals surface area contributed by atoms with Gasteiger partial charge in [0.05, 0.1) is 18.8 Å². The van der Waals surface area contributed by atoms with Crippen molar-refractivity contribution in [1.29, 1.82) is 0 Å². The van der Waals surface area contributed by atoms with E-state index in [0.717, 1.165) is 19.5 Å². The van der Waals surface area contributed by atoms with Crippen LogP contribution in [-0.2, 0) is 25.5 Å². The molecule has 0 aromatic heterocycles. The zero-order valence-corrected chi connectivity index (χ0v) is 16.3. The fraction of sp³-hybridized carbons (Fsp3) is 0.700. The maximum Gasteiger partial charge on any atom is 0.163 e. The fourth-order valence-corrected chi connectivity index (χ4v) is 4.09. The van der Waals surface area contributed by atoms with E-state index >= 15 is 0 Å². The number of hydrogen-bond acceptors (Lipinski definition) is 7. The summed E-state index contributed by atoms with van der Waals surface area (Å²) in [6, 6.07) is 10.1. The van der Waals surface area contributed by atoms with Gasteiger partial charge in [-0.2, -0.15) is 0 Å². The molecule has 7 heteroatoms. The van der Waals surface area contributed by atoms with Crippen molar-refractivity contribution in [2.75, 3.05) is 27.1 Å². The third-order valence-corrected chi connectivity index (χ3v) is 5.20. The fourth-order valence-electron chi connectivity index (χ4n) is 4.09. The summed E-state index contributed by atoms with van der Waals surface area (Å²) in [5, 5.41) is 19.8. The molecule has 0 bridgehead atoms. The van der Waals surface area contributed by atoms with Gasteiger partial charge in [-0.25, -0.2) is 0 Å². The van der Waals surface area contributed by atoms with Crippen LogP contribution >= 0.6 is 0 Å². The van der Waals surface area contributed by atoms with E-state index in [4.69, 9.17) is 18.9 Å². The van der Waals surface area contributed by atoms with Crippen molar-refractivity contribution in [3.05, 3.63) is 35.9 Å². The molecule has 3 rings (SSSR count). The van der Waals surface area contributed by atoms with Crippen LogP contribution < -0.4 is 0 Å². The molecule has 1 aromatic rings. The van der Waals surface area contributed by atoms with Crippen molar-refractivity contribution in [3.63, 3.8) is 0 Å². The normalized spacial score (nSPS) is 32.0. The average Bonchev–Trinajstić information content (AvgIpc) is 3.19. The van der Waals surface area contributed by atoms with Gasteiger partial charge in [0, 0.05) is 20.2 Å². The first-order valence-electron chi connectivity index (χ1n) is 9.48. The van der Waals surface area contributed by atoms with Gasteiger partial charge in [0.1, 0.15) is 25.1 Å². The smallest absolute Gasteiger partial charge is 0.163 e. The van der Waals surface area contributed by atoms with Crippen molar-refractivity contribution in [2.45, 2.75) is 63.1 Å². The first-order chi connectivity index (χ1) is 12.9. The Bertz CT molecular complexity index is 583. The van der Waals surface area contributed by atoms with E-state index in [1.807, 2.05) is 32.0 Å². The molecule has 0 spiro atoms. The molecule has 2 aliphatic heterocycles. The van der Waals surface area contributed by atoms with Gasteiger partial charge in [-0.05, 0) is 25.8 Å². The monoisotopic (exact) mass is 381 g/mol. The van der Waals surface area contributed by atoms with Crippen LogP contribution in [-0.4, -0.2) is 78.4 Å². The molecule has 0 aliphatic carbocycles. The number of methoxy groups -OCH3 is 1. The molecular weight excluding hydrogens is 350 g/mol. The Balaban J connectivity index is 1.84. The molecule has 2 heterocycles. The third kappa shape index (κ3) is 4.86. The van der Waals surface area contributed by atoms with Crippen molar-refractivity contribution in [1.82, 2.24) is 4.90 Å². The van der Waals surface area contributed by atoms with Gasteiger partial charge in [-0.3, -0.25) is 4.90 Å². The van der Waals surface area contributed by atoms with Gasteiger partial charge in [0.15, 0.2) is 5.79 Å². The molecule has 27 heavy (non-hydrogen) atoms. The molecule has 0 unspecified atom stereocenters. The number of aliphatic hydroxyl groups is 2. The maximum absolute atomic E-state index is 10.3. The lowest BCUT2D eigenvalue weighted by Gasteiger charge is -2.35. The molecular formula is C20H31NO6. The highest BCUT2D eigenvalue weighted by Crippen LogP contribution is 2.38. The molecule has 2 saturated heterocycles. The summed E-state index contributed by atoms with van der Waals surface area (Å²) in [7, 11) is 1.60. The maximum atomic E-state index is 10.3. The summed E-state index contributed by atoms with van der Waals surface area (Å²) in [5.41, 5.74) is 1.20. The van der Waals surface area contributed by atoms with E-state index in [2.05, 4.69) is 17.0 Å². The summed E-state index contributed by atoms with van der Waals surface area (Å²) in [5.74, 6) is -0.835. The highest BCUT2D eigenvalue weighted by Gasteiger charge is 2.53. The van der Waals surface area contributed by atoms with E-state index in [1.54, 1.807) is 7.11 Å². The molecule has 5 atom stereocenters. The standard InChI is InChI=1S/C20H31NO6/c1-20(2)26-18(15(23)12-22)19(27-20)17-16(25-13-24-3)9-10-21(17)11-14-7-5-4-6-8-14/h4-8,15-19,22-23H,9-13H2,1-3H3/t15-,16+,17-,18-,19-/m0/s1. The van der Waals surface area contributed by atoms with Gasteiger partial charge in [0.2, 0.25) is 0 Å². The quantitative estimate of drug-likeness (QED) is 0.653. The Morgan fingerprint density at radius 1 is 1.26 bits per heavy atom. The average molecular weight is 381 g/mol. The molecule has 1 aromatic carbocycles. The van der Waals surface area contributed by atoms with Gasteiger partial charge < -0.3 is 29.2 Å². The summed E-state index contributed by atoms with van der Waals surface area (Å²) in [4.78, 5) is 2.31. The number of rotatable bonds is 8. The SMILES string of the molecule is COCO[C@@H]1CCN(Cc2ccccc2)[C@@H]1[C@@H]1OC(C)(C)O[C@H]1[C@@H](O)CO. The van der Waals surface area contributed by atoms with Gasteiger partial charge in [-0.15, -0.1) is 0 Å². The van der Waals surface area contributed by atoms with E-state index < -0.39 is 24.1 Å². The van der Waals surface area contributed by atoms with E-state index in [0.29, 0.717) is 0 Å². The highest BCUT2D eigenvalue weighted by molar-refractivity contribution is 5.15. The minimum atomic E-state index is -1.01. The van der Waals surface area contributed by atoms with Crippen molar-refractivity contribution in [2.24, 2.45) is 0 Å². The van der Waals surface area contributed by atoms with Crippen LogP contribution in [0.2, 0.25) is 0 Å². The molecule has 152 valence electrons. The Hall–Kier alpha value is -1.06.